The Labute approximate surface area is 161 Å². The Morgan fingerprint density at radius 1 is 0.962 bits per heavy atom. The molecule has 138 valence electrons. The van der Waals surface area contributed by atoms with Crippen LogP contribution in [0.15, 0.2) is 48.5 Å². The Bertz CT molecular complexity index is 762. The number of anilines is 2. The summed E-state index contributed by atoms with van der Waals surface area (Å²) >= 11 is 0. The Hall–Kier alpha value is -2.24. The van der Waals surface area contributed by atoms with E-state index in [0.29, 0.717) is 13.1 Å². The van der Waals surface area contributed by atoms with E-state index in [1.165, 1.54) is 11.3 Å². The maximum atomic E-state index is 12.8. The van der Waals surface area contributed by atoms with Gasteiger partial charge in [-0.1, -0.05) is 36.4 Å². The molecule has 0 saturated carbocycles. The second-order valence-electron chi connectivity index (χ2n) is 6.72. The van der Waals surface area contributed by atoms with Crippen molar-refractivity contribution >= 4 is 29.8 Å². The number of carbonyl (C=O) groups excluding carboxylic acids is 1. The first-order valence-corrected chi connectivity index (χ1v) is 8.88. The van der Waals surface area contributed by atoms with Gasteiger partial charge in [0, 0.05) is 44.5 Å². The number of nitrogens with zero attached hydrogens (tertiary/aromatic N) is 3. The lowest BCUT2D eigenvalue weighted by Crippen LogP contribution is -2.47. The van der Waals surface area contributed by atoms with E-state index in [9.17, 15) is 4.79 Å². The van der Waals surface area contributed by atoms with Gasteiger partial charge in [-0.05, 0) is 17.7 Å². The van der Waals surface area contributed by atoms with Gasteiger partial charge in [-0.3, -0.25) is 4.90 Å². The monoisotopic (exact) mass is 372 g/mol. The lowest BCUT2D eigenvalue weighted by Gasteiger charge is -2.39. The number of urea groups is 1. The molecule has 0 unspecified atom stereocenters. The predicted octanol–water partition coefficient (Wildman–Crippen LogP) is 3.09. The summed E-state index contributed by atoms with van der Waals surface area (Å²) in [6.45, 7) is 5.29. The lowest BCUT2D eigenvalue weighted by atomic mass is 10.0. The minimum Gasteiger partial charge on any atom is -0.369 e. The van der Waals surface area contributed by atoms with Gasteiger partial charge in [0.05, 0.1) is 18.8 Å². The molecule has 2 aliphatic heterocycles. The van der Waals surface area contributed by atoms with E-state index in [2.05, 4.69) is 40.5 Å². The summed E-state index contributed by atoms with van der Waals surface area (Å²) < 4.78 is 0. The molecule has 2 amide bonds. The summed E-state index contributed by atoms with van der Waals surface area (Å²) in [5.74, 6) is 0. The van der Waals surface area contributed by atoms with Crippen molar-refractivity contribution in [1.82, 2.24) is 10.2 Å². The van der Waals surface area contributed by atoms with Crippen LogP contribution in [0, 0.1) is 0 Å². The fourth-order valence-corrected chi connectivity index (χ4v) is 3.71. The molecule has 0 aliphatic carbocycles. The highest BCUT2D eigenvalue weighted by molar-refractivity contribution is 5.96. The Morgan fingerprint density at radius 2 is 1.65 bits per heavy atom. The Balaban J connectivity index is 0.00000196. The summed E-state index contributed by atoms with van der Waals surface area (Å²) in [7, 11) is 1.89. The van der Waals surface area contributed by atoms with Crippen LogP contribution in [0.3, 0.4) is 0 Å². The molecule has 4 rings (SSSR count). The highest BCUT2D eigenvalue weighted by Gasteiger charge is 2.30. The number of amides is 2. The molecular formula is C20H25ClN4O. The van der Waals surface area contributed by atoms with Crippen molar-refractivity contribution in [2.75, 3.05) is 43.0 Å². The van der Waals surface area contributed by atoms with Crippen LogP contribution in [0.2, 0.25) is 0 Å². The lowest BCUT2D eigenvalue weighted by molar-refractivity contribution is 0.210. The van der Waals surface area contributed by atoms with Gasteiger partial charge in [-0.25, -0.2) is 4.79 Å². The van der Waals surface area contributed by atoms with Gasteiger partial charge in [-0.15, -0.1) is 12.4 Å². The average molecular weight is 373 g/mol. The fourth-order valence-electron chi connectivity index (χ4n) is 3.71. The molecule has 6 heteroatoms. The predicted molar refractivity (Wildman–Crippen MR) is 108 cm³/mol. The third-order valence-electron chi connectivity index (χ3n) is 5.01. The summed E-state index contributed by atoms with van der Waals surface area (Å²) in [6, 6.07) is 16.6. The zero-order valence-electron chi connectivity index (χ0n) is 15.0. The molecule has 1 fully saturated rings. The third-order valence-corrected chi connectivity index (χ3v) is 5.01. The molecule has 0 spiro atoms. The van der Waals surface area contributed by atoms with Crippen molar-refractivity contribution in [2.24, 2.45) is 0 Å². The van der Waals surface area contributed by atoms with Crippen LogP contribution in [0.4, 0.5) is 16.2 Å². The van der Waals surface area contributed by atoms with Crippen LogP contribution in [0.25, 0.3) is 0 Å². The first-order valence-electron chi connectivity index (χ1n) is 8.88. The Kier molecular flexibility index (Phi) is 5.69. The first-order chi connectivity index (χ1) is 12.2. The SMILES string of the molecule is CN1Cc2c(N3CCNCC3)cccc2N(Cc2ccccc2)C1=O.Cl. The minimum absolute atomic E-state index is 0. The summed E-state index contributed by atoms with van der Waals surface area (Å²) in [5.41, 5.74) is 4.70. The zero-order valence-corrected chi connectivity index (χ0v) is 15.8. The number of piperazine rings is 1. The molecule has 5 nitrogen and oxygen atoms in total. The third kappa shape index (κ3) is 3.50. The van der Waals surface area contributed by atoms with Crippen molar-refractivity contribution in [2.45, 2.75) is 13.1 Å². The van der Waals surface area contributed by atoms with Crippen LogP contribution in [-0.4, -0.2) is 44.2 Å². The largest absolute Gasteiger partial charge is 0.369 e. The maximum Gasteiger partial charge on any atom is 0.324 e. The molecule has 0 aromatic heterocycles. The topological polar surface area (TPSA) is 38.8 Å². The van der Waals surface area contributed by atoms with Gasteiger partial charge in [-0.2, -0.15) is 0 Å². The van der Waals surface area contributed by atoms with E-state index >= 15 is 0 Å². The summed E-state index contributed by atoms with van der Waals surface area (Å²) in [5, 5.41) is 3.41. The normalized spacial score (nSPS) is 17.0. The quantitative estimate of drug-likeness (QED) is 0.899. The average Bonchev–Trinajstić information content (AvgIpc) is 2.66. The number of hydrogen-bond acceptors (Lipinski definition) is 3. The van der Waals surface area contributed by atoms with E-state index < -0.39 is 0 Å². The van der Waals surface area contributed by atoms with E-state index in [-0.39, 0.29) is 18.4 Å². The highest BCUT2D eigenvalue weighted by atomic mass is 35.5. The minimum atomic E-state index is 0. The van der Waals surface area contributed by atoms with E-state index in [1.54, 1.807) is 0 Å². The second kappa shape index (κ2) is 7.98. The number of nitrogens with one attached hydrogen (secondary N) is 1. The highest BCUT2D eigenvalue weighted by Crippen LogP contribution is 2.36. The van der Waals surface area contributed by atoms with Gasteiger partial charge in [0.2, 0.25) is 0 Å². The maximum absolute atomic E-state index is 12.8. The molecule has 0 atom stereocenters. The number of benzene rings is 2. The van der Waals surface area contributed by atoms with Crippen molar-refractivity contribution in [3.63, 3.8) is 0 Å². The molecule has 2 aromatic carbocycles. The molecule has 2 aliphatic rings. The Morgan fingerprint density at radius 3 is 2.38 bits per heavy atom. The van der Waals surface area contributed by atoms with Gasteiger partial charge in [0.1, 0.15) is 0 Å². The zero-order chi connectivity index (χ0) is 17.2. The number of carbonyl (C=O) groups is 1. The number of hydrogen-bond donors (Lipinski definition) is 1. The van der Waals surface area contributed by atoms with Crippen LogP contribution >= 0.6 is 12.4 Å². The van der Waals surface area contributed by atoms with Gasteiger partial charge >= 0.3 is 6.03 Å². The first kappa shape index (κ1) is 18.5. The van der Waals surface area contributed by atoms with Crippen molar-refractivity contribution in [3.05, 3.63) is 59.7 Å². The van der Waals surface area contributed by atoms with E-state index in [1.807, 2.05) is 35.0 Å². The van der Waals surface area contributed by atoms with E-state index in [0.717, 1.165) is 37.4 Å². The van der Waals surface area contributed by atoms with Crippen LogP contribution < -0.4 is 15.1 Å². The van der Waals surface area contributed by atoms with Crippen LogP contribution in [-0.2, 0) is 13.1 Å². The molecule has 2 heterocycles. The molecule has 1 saturated heterocycles. The van der Waals surface area contributed by atoms with Crippen LogP contribution in [0.1, 0.15) is 11.1 Å². The molecule has 0 radical (unpaired) electrons. The number of rotatable bonds is 3. The van der Waals surface area contributed by atoms with E-state index in [4.69, 9.17) is 0 Å². The molecular weight excluding hydrogens is 348 g/mol. The van der Waals surface area contributed by atoms with Crippen molar-refractivity contribution in [3.8, 4) is 0 Å². The van der Waals surface area contributed by atoms with Crippen LogP contribution in [0.5, 0.6) is 0 Å². The standard InChI is InChI=1S/C20H24N4O.ClH/c1-22-15-17-18(23-12-10-21-11-13-23)8-5-9-19(17)24(20(22)25)14-16-6-3-2-4-7-16;/h2-9,21H,10-15H2,1H3;1H. The molecule has 0 bridgehead atoms. The second-order valence-corrected chi connectivity index (χ2v) is 6.72. The smallest absolute Gasteiger partial charge is 0.324 e. The summed E-state index contributed by atoms with van der Waals surface area (Å²) in [6.07, 6.45) is 0. The van der Waals surface area contributed by atoms with Crippen molar-refractivity contribution in [1.29, 1.82) is 0 Å². The molecule has 26 heavy (non-hydrogen) atoms. The number of fused-ring (bicyclic) bond motifs is 1. The van der Waals surface area contributed by atoms with Gasteiger partial charge < -0.3 is 15.1 Å². The molecule has 2 aromatic rings. The van der Waals surface area contributed by atoms with Crippen molar-refractivity contribution < 1.29 is 4.79 Å². The fraction of sp³-hybridized carbons (Fsp3) is 0.350. The molecule has 1 N–H and O–H groups in total. The summed E-state index contributed by atoms with van der Waals surface area (Å²) in [4.78, 5) is 19.0. The van der Waals surface area contributed by atoms with Gasteiger partial charge in [0.25, 0.3) is 0 Å². The van der Waals surface area contributed by atoms with Gasteiger partial charge in [0.15, 0.2) is 0 Å². The number of halogens is 1.